The number of ether oxygens (including phenoxy) is 1. The van der Waals surface area contributed by atoms with Crippen LogP contribution in [-0.2, 0) is 6.54 Å². The van der Waals surface area contributed by atoms with Gasteiger partial charge in [-0.1, -0.05) is 50.2 Å². The molecular formula is C56H62F4N12O5. The Bertz CT molecular complexity index is 3320. The minimum Gasteiger partial charge on any atom is -0.508 e. The first-order valence-corrected chi connectivity index (χ1v) is 26.3. The normalized spacial score (nSPS) is 20.9. The number of aromatic nitrogens is 6. The zero-order valence-electron chi connectivity index (χ0n) is 43.3. The van der Waals surface area contributed by atoms with Crippen LogP contribution in [-0.4, -0.2) is 162 Å². The molecule has 4 aliphatic rings. The topological polar surface area (TPSA) is 193 Å². The summed E-state index contributed by atoms with van der Waals surface area (Å²) in [5.74, 6) is -1.70. The molecule has 3 aromatic heterocycles. The van der Waals surface area contributed by atoms with Crippen molar-refractivity contribution in [2.45, 2.75) is 82.8 Å². The van der Waals surface area contributed by atoms with Crippen molar-refractivity contribution in [2.75, 3.05) is 70.9 Å². The number of hydrogen-bond acceptors (Lipinski definition) is 15. The summed E-state index contributed by atoms with van der Waals surface area (Å²) in [6.07, 6.45) is -0.0148. The van der Waals surface area contributed by atoms with Crippen LogP contribution in [0.1, 0.15) is 67.7 Å². The molecule has 7 heterocycles. The van der Waals surface area contributed by atoms with E-state index in [4.69, 9.17) is 14.7 Å². The molecule has 0 saturated carbocycles. The highest BCUT2D eigenvalue weighted by Gasteiger charge is 2.39. The van der Waals surface area contributed by atoms with Crippen LogP contribution >= 0.6 is 0 Å². The first-order valence-electron chi connectivity index (χ1n) is 26.3. The molecule has 1 amide bonds. The lowest BCUT2D eigenvalue weighted by Crippen LogP contribution is -2.51. The molecule has 4 aliphatic heterocycles. The van der Waals surface area contributed by atoms with Crippen LogP contribution in [0.15, 0.2) is 79.0 Å². The number of rotatable bonds is 14. The summed E-state index contributed by atoms with van der Waals surface area (Å²) < 4.78 is 65.3. The van der Waals surface area contributed by atoms with Gasteiger partial charge in [-0.05, 0) is 97.3 Å². The molecule has 11 rings (SSSR count). The SMILES string of the molecule is CC(C)c1cc(-c2nnc(C(=O)NC(C)C(F)(F)F)n2-c2ccc(CN3CCN(C[C@H]4C[C@@H](COc5nc(N6CC7CCC(C6)N7)c6cnc(-c7cc(O)cc8ccccc78)c(F)c6n5)N(C)C4)CC3)cc2)c(O)cc1O. The number of carbonyl (C=O) groups is 1. The number of fused-ring (bicyclic) bond motifs is 4. The highest BCUT2D eigenvalue weighted by atomic mass is 19.4. The predicted octanol–water partition coefficient (Wildman–Crippen LogP) is 7.61. The molecule has 17 nitrogen and oxygen atoms in total. The minimum atomic E-state index is -4.69. The van der Waals surface area contributed by atoms with E-state index in [9.17, 15) is 33.3 Å². The maximum Gasteiger partial charge on any atom is 0.408 e. The summed E-state index contributed by atoms with van der Waals surface area (Å²) in [7, 11) is 2.10. The maximum absolute atomic E-state index is 17.0. The Balaban J connectivity index is 0.741. The van der Waals surface area contributed by atoms with Crippen LogP contribution in [0.5, 0.6) is 23.3 Å². The number of likely N-dealkylation sites (N-methyl/N-ethyl adjacent to an activating group) is 1. The van der Waals surface area contributed by atoms with Crippen molar-refractivity contribution in [3.63, 3.8) is 0 Å². The zero-order chi connectivity index (χ0) is 53.9. The van der Waals surface area contributed by atoms with E-state index in [0.717, 1.165) is 94.9 Å². The Morgan fingerprint density at radius 3 is 2.31 bits per heavy atom. The first-order chi connectivity index (χ1) is 36.9. The second-order valence-electron chi connectivity index (χ2n) is 21.5. The van der Waals surface area contributed by atoms with Crippen molar-refractivity contribution in [3.05, 3.63) is 102 Å². The average Bonchev–Trinajstić information content (AvgIpc) is 4.18. The van der Waals surface area contributed by atoms with Gasteiger partial charge in [-0.2, -0.15) is 23.1 Å². The van der Waals surface area contributed by atoms with Gasteiger partial charge in [-0.15, -0.1) is 10.2 Å². The number of likely N-dealkylation sites (tertiary alicyclic amines) is 1. The molecule has 77 heavy (non-hydrogen) atoms. The number of hydrogen-bond donors (Lipinski definition) is 5. The molecule has 404 valence electrons. The van der Waals surface area contributed by atoms with E-state index < -0.39 is 29.8 Å². The highest BCUT2D eigenvalue weighted by molar-refractivity contribution is 6.00. The lowest BCUT2D eigenvalue weighted by Gasteiger charge is -2.36. The van der Waals surface area contributed by atoms with Crippen molar-refractivity contribution < 1.29 is 42.4 Å². The van der Waals surface area contributed by atoms with Crippen LogP contribution < -0.4 is 20.3 Å². The number of nitrogens with zero attached hydrogens (tertiary/aromatic N) is 10. The maximum atomic E-state index is 17.0. The number of benzene rings is 4. The third kappa shape index (κ3) is 10.6. The fraction of sp³-hybridized carbons (Fsp3) is 0.429. The molecule has 5 atom stereocenters. The summed E-state index contributed by atoms with van der Waals surface area (Å²) >= 11 is 0. The van der Waals surface area contributed by atoms with Gasteiger partial charge in [0.25, 0.3) is 5.91 Å². The molecule has 4 aromatic carbocycles. The second kappa shape index (κ2) is 21.0. The molecule has 4 saturated heterocycles. The second-order valence-corrected chi connectivity index (χ2v) is 21.5. The van der Waals surface area contributed by atoms with E-state index >= 15 is 4.39 Å². The number of aromatic hydroxyl groups is 3. The van der Waals surface area contributed by atoms with Gasteiger partial charge in [0.15, 0.2) is 11.6 Å². The van der Waals surface area contributed by atoms with E-state index in [1.54, 1.807) is 24.4 Å². The quantitative estimate of drug-likeness (QED) is 0.0668. The number of anilines is 1. The lowest BCUT2D eigenvalue weighted by molar-refractivity contribution is -0.149. The number of phenols is 3. The monoisotopic (exact) mass is 1060 g/mol. The molecule has 4 fully saturated rings. The highest BCUT2D eigenvalue weighted by Crippen LogP contribution is 2.40. The number of carbonyl (C=O) groups excluding carboxylic acids is 1. The van der Waals surface area contributed by atoms with Crippen molar-refractivity contribution in [1.82, 2.24) is 55.0 Å². The third-order valence-corrected chi connectivity index (χ3v) is 15.7. The largest absolute Gasteiger partial charge is 0.508 e. The van der Waals surface area contributed by atoms with Crippen molar-refractivity contribution >= 4 is 33.4 Å². The van der Waals surface area contributed by atoms with Crippen molar-refractivity contribution in [3.8, 4) is 51.6 Å². The van der Waals surface area contributed by atoms with E-state index in [-0.39, 0.29) is 57.8 Å². The van der Waals surface area contributed by atoms with Gasteiger partial charge in [0.1, 0.15) is 46.9 Å². The van der Waals surface area contributed by atoms with Crippen LogP contribution in [0.3, 0.4) is 0 Å². The zero-order valence-corrected chi connectivity index (χ0v) is 43.3. The van der Waals surface area contributed by atoms with Crippen LogP contribution in [0.4, 0.5) is 23.4 Å². The Labute approximate surface area is 442 Å². The Kier molecular flexibility index (Phi) is 14.1. The van der Waals surface area contributed by atoms with Crippen LogP contribution in [0, 0.1) is 11.7 Å². The minimum absolute atomic E-state index is 0.0138. The van der Waals surface area contributed by atoms with E-state index in [1.807, 2.05) is 55.6 Å². The molecule has 0 radical (unpaired) electrons. The van der Waals surface area contributed by atoms with Gasteiger partial charge in [0, 0.05) is 101 Å². The molecule has 7 aromatic rings. The van der Waals surface area contributed by atoms with Gasteiger partial charge in [-0.3, -0.25) is 24.1 Å². The van der Waals surface area contributed by atoms with Gasteiger partial charge in [0.05, 0.1) is 10.9 Å². The van der Waals surface area contributed by atoms with Crippen molar-refractivity contribution in [2.24, 2.45) is 5.92 Å². The average molecular weight is 1060 g/mol. The number of alkyl halides is 3. The predicted molar refractivity (Wildman–Crippen MR) is 283 cm³/mol. The molecule has 0 aliphatic carbocycles. The summed E-state index contributed by atoms with van der Waals surface area (Å²) in [6, 6.07) is 19.3. The molecule has 0 spiro atoms. The Morgan fingerprint density at radius 2 is 1.58 bits per heavy atom. The van der Waals surface area contributed by atoms with Gasteiger partial charge < -0.3 is 40.5 Å². The fourth-order valence-corrected chi connectivity index (χ4v) is 11.6. The fourth-order valence-electron chi connectivity index (χ4n) is 11.6. The molecular weight excluding hydrogens is 997 g/mol. The van der Waals surface area contributed by atoms with Gasteiger partial charge >= 0.3 is 12.2 Å². The number of piperazine rings is 2. The van der Waals surface area contributed by atoms with Crippen molar-refractivity contribution in [1.29, 1.82) is 0 Å². The standard InChI is InChI=1S/C56H62F4N12O5/c1-31(2)42-22-44(47(75)23-46(42)74)52-66-67-53(54(76)62-32(3)56(58,59)60)72(52)38-13-9-33(10-14-38)26-69-15-17-70(18-16-69)27-34-19-39(68(4)25-34)30-77-55-64-50-45(51(65-55)71-28-36-11-12-37(29-71)63-36)24-61-49(48(50)57)43-21-40(73)20-35-7-5-6-8-41(35)43/h5-10,13-14,20-24,31-32,34,36-37,39,63,73-75H,11-12,15-19,25-30H2,1-4H3,(H,62,76)/t32?,34-,36?,37?,39-/m0/s1. The number of phenolic OH excluding ortho intramolecular Hbond substituents is 3. The van der Waals surface area contributed by atoms with E-state index in [1.165, 1.54) is 22.8 Å². The smallest absolute Gasteiger partial charge is 0.408 e. The van der Waals surface area contributed by atoms with E-state index in [0.29, 0.717) is 59.2 Å². The van der Waals surface area contributed by atoms with E-state index in [2.05, 4.69) is 47.1 Å². The number of amides is 1. The lowest BCUT2D eigenvalue weighted by atomic mass is 9.98. The summed E-state index contributed by atoms with van der Waals surface area (Å²) in [4.78, 5) is 37.0. The molecule has 5 N–H and O–H groups in total. The Hall–Kier alpha value is -7.20. The van der Waals surface area contributed by atoms with Crippen LogP contribution in [0.25, 0.3) is 50.0 Å². The first kappa shape index (κ1) is 51.9. The summed E-state index contributed by atoms with van der Waals surface area (Å²) in [6.45, 7) is 12.2. The van der Waals surface area contributed by atoms with Crippen LogP contribution in [0.2, 0.25) is 0 Å². The molecule has 2 bridgehead atoms. The number of pyridine rings is 1. The third-order valence-electron chi connectivity index (χ3n) is 15.7. The summed E-state index contributed by atoms with van der Waals surface area (Å²) in [5.41, 5.74) is 2.70. The Morgan fingerprint density at radius 1 is 0.857 bits per heavy atom. The summed E-state index contributed by atoms with van der Waals surface area (Å²) in [5, 5.41) is 47.9. The molecule has 21 heteroatoms. The number of halogens is 4. The van der Waals surface area contributed by atoms with Gasteiger partial charge in [0.2, 0.25) is 5.82 Å². The van der Waals surface area contributed by atoms with Gasteiger partial charge in [-0.25, -0.2) is 4.39 Å². The molecule has 3 unspecified atom stereocenters. The number of nitrogens with one attached hydrogen (secondary N) is 2.